The summed E-state index contributed by atoms with van der Waals surface area (Å²) in [6.07, 6.45) is 1.65. The largest absolute Gasteiger partial charge is 0.492 e. The molecule has 3 rings (SSSR count). The van der Waals surface area contributed by atoms with Gasteiger partial charge in [0.15, 0.2) is 0 Å². The molecule has 1 aliphatic heterocycles. The molecular formula is C23H30N2O5S. The van der Waals surface area contributed by atoms with Crippen LogP contribution in [0, 0.1) is 6.92 Å². The number of fused-ring (bicyclic) bond motifs is 1. The van der Waals surface area contributed by atoms with Crippen molar-refractivity contribution in [2.45, 2.75) is 45.8 Å². The number of para-hydroxylation sites is 2. The Morgan fingerprint density at radius 2 is 1.97 bits per heavy atom. The van der Waals surface area contributed by atoms with Gasteiger partial charge in [-0.2, -0.15) is 0 Å². The Morgan fingerprint density at radius 1 is 1.26 bits per heavy atom. The minimum Gasteiger partial charge on any atom is -0.492 e. The predicted molar refractivity (Wildman–Crippen MR) is 121 cm³/mol. The summed E-state index contributed by atoms with van der Waals surface area (Å²) in [6.45, 7) is 7.78. The Hall–Kier alpha value is -2.74. The fourth-order valence-corrected chi connectivity index (χ4v) is 4.64. The zero-order valence-corrected chi connectivity index (χ0v) is 19.5. The Labute approximate surface area is 184 Å². The van der Waals surface area contributed by atoms with Gasteiger partial charge in [-0.1, -0.05) is 24.3 Å². The van der Waals surface area contributed by atoms with E-state index in [2.05, 4.69) is 5.32 Å². The number of anilines is 1. The van der Waals surface area contributed by atoms with Gasteiger partial charge in [-0.25, -0.2) is 8.42 Å². The van der Waals surface area contributed by atoms with Crippen molar-refractivity contribution >= 4 is 21.6 Å². The van der Waals surface area contributed by atoms with E-state index in [0.29, 0.717) is 24.5 Å². The first-order valence-corrected chi connectivity index (χ1v) is 12.1. The Kier molecular flexibility index (Phi) is 6.50. The van der Waals surface area contributed by atoms with Crippen molar-refractivity contribution in [1.82, 2.24) is 5.32 Å². The molecule has 0 fully saturated rings. The van der Waals surface area contributed by atoms with Gasteiger partial charge in [0.05, 0.1) is 24.6 Å². The molecule has 1 atom stereocenters. The molecule has 0 aliphatic carbocycles. The standard InChI is InChI=1S/C23H30N2O5S/c1-6-29-20-10-8-7-9-19(20)25(31(5,27)28)15-22(26)24-18-14-23(3,4)30-21-13-16(2)11-12-17(18)21/h7-13,18H,6,14-15H2,1-5H3,(H,24,26)/t18-/m0/s1. The average molecular weight is 447 g/mol. The molecule has 8 heteroatoms. The molecule has 2 aromatic rings. The molecule has 1 aliphatic rings. The number of sulfonamides is 1. The summed E-state index contributed by atoms with van der Waals surface area (Å²) in [5.74, 6) is 0.755. The summed E-state index contributed by atoms with van der Waals surface area (Å²) in [7, 11) is -3.72. The Morgan fingerprint density at radius 3 is 2.65 bits per heavy atom. The Bertz CT molecular complexity index is 1070. The van der Waals surface area contributed by atoms with E-state index in [-0.39, 0.29) is 12.6 Å². The maximum Gasteiger partial charge on any atom is 0.241 e. The lowest BCUT2D eigenvalue weighted by atomic mass is 9.89. The van der Waals surface area contributed by atoms with Crippen molar-refractivity contribution < 1.29 is 22.7 Å². The van der Waals surface area contributed by atoms with Gasteiger partial charge < -0.3 is 14.8 Å². The quantitative estimate of drug-likeness (QED) is 0.703. The minimum absolute atomic E-state index is 0.282. The van der Waals surface area contributed by atoms with Crippen LogP contribution in [0.1, 0.15) is 44.4 Å². The molecule has 0 spiro atoms. The van der Waals surface area contributed by atoms with Crippen LogP contribution >= 0.6 is 0 Å². The highest BCUT2D eigenvalue weighted by molar-refractivity contribution is 7.92. The van der Waals surface area contributed by atoms with E-state index in [1.165, 1.54) is 0 Å². The first-order chi connectivity index (χ1) is 14.5. The SMILES string of the molecule is CCOc1ccccc1N(CC(=O)N[C@H]1CC(C)(C)Oc2cc(C)ccc21)S(C)(=O)=O. The van der Waals surface area contributed by atoms with E-state index in [4.69, 9.17) is 9.47 Å². The van der Waals surface area contributed by atoms with E-state index in [1.54, 1.807) is 24.3 Å². The molecule has 0 bridgehead atoms. The maximum absolute atomic E-state index is 13.0. The van der Waals surface area contributed by atoms with Gasteiger partial charge in [-0.3, -0.25) is 9.10 Å². The molecule has 1 amide bonds. The van der Waals surface area contributed by atoms with Crippen LogP contribution in [-0.2, 0) is 14.8 Å². The van der Waals surface area contributed by atoms with E-state index in [1.807, 2.05) is 45.9 Å². The lowest BCUT2D eigenvalue weighted by Gasteiger charge is -2.38. The van der Waals surface area contributed by atoms with Crippen LogP contribution in [0.15, 0.2) is 42.5 Å². The van der Waals surface area contributed by atoms with Gasteiger partial charge in [-0.15, -0.1) is 0 Å². The second kappa shape index (κ2) is 8.78. The van der Waals surface area contributed by atoms with Crippen molar-refractivity contribution in [3.63, 3.8) is 0 Å². The molecule has 0 saturated carbocycles. The minimum atomic E-state index is -3.72. The first kappa shape index (κ1) is 22.9. The van der Waals surface area contributed by atoms with Crippen LogP contribution in [0.5, 0.6) is 11.5 Å². The van der Waals surface area contributed by atoms with E-state index in [9.17, 15) is 13.2 Å². The van der Waals surface area contributed by atoms with E-state index < -0.39 is 21.5 Å². The molecule has 1 heterocycles. The number of carbonyl (C=O) groups is 1. The van der Waals surface area contributed by atoms with Crippen LogP contribution in [0.2, 0.25) is 0 Å². The summed E-state index contributed by atoms with van der Waals surface area (Å²) >= 11 is 0. The molecular weight excluding hydrogens is 416 g/mol. The van der Waals surface area contributed by atoms with Crippen LogP contribution < -0.4 is 19.1 Å². The molecule has 0 radical (unpaired) electrons. The highest BCUT2D eigenvalue weighted by atomic mass is 32.2. The molecule has 0 unspecified atom stereocenters. The molecule has 168 valence electrons. The summed E-state index contributed by atoms with van der Waals surface area (Å²) in [5, 5.41) is 3.01. The summed E-state index contributed by atoms with van der Waals surface area (Å²) in [5.41, 5.74) is 1.83. The van der Waals surface area contributed by atoms with Crippen molar-refractivity contribution in [2.24, 2.45) is 0 Å². The third-order valence-corrected chi connectivity index (χ3v) is 6.21. The lowest BCUT2D eigenvalue weighted by Crippen LogP contribution is -2.45. The van der Waals surface area contributed by atoms with Crippen molar-refractivity contribution in [3.8, 4) is 11.5 Å². The van der Waals surface area contributed by atoms with E-state index >= 15 is 0 Å². The van der Waals surface area contributed by atoms with Crippen LogP contribution in [0.3, 0.4) is 0 Å². The maximum atomic E-state index is 13.0. The zero-order chi connectivity index (χ0) is 22.8. The number of amides is 1. The normalized spacial score (nSPS) is 17.3. The number of carbonyl (C=O) groups excluding carboxylic acids is 1. The van der Waals surface area contributed by atoms with Gasteiger partial charge in [0.1, 0.15) is 23.6 Å². The highest BCUT2D eigenvalue weighted by Crippen LogP contribution is 2.40. The number of benzene rings is 2. The molecule has 7 nitrogen and oxygen atoms in total. The molecule has 31 heavy (non-hydrogen) atoms. The average Bonchev–Trinajstić information content (AvgIpc) is 2.65. The number of hydrogen-bond acceptors (Lipinski definition) is 5. The van der Waals surface area contributed by atoms with Crippen LogP contribution in [0.25, 0.3) is 0 Å². The number of aryl methyl sites for hydroxylation is 1. The molecule has 0 saturated heterocycles. The van der Waals surface area contributed by atoms with Crippen LogP contribution in [0.4, 0.5) is 5.69 Å². The third-order valence-electron chi connectivity index (χ3n) is 5.08. The number of hydrogen-bond donors (Lipinski definition) is 1. The number of ether oxygens (including phenoxy) is 2. The van der Waals surface area contributed by atoms with Gasteiger partial charge in [-0.05, 0) is 51.5 Å². The summed E-state index contributed by atoms with van der Waals surface area (Å²) in [6, 6.07) is 12.4. The number of nitrogens with one attached hydrogen (secondary N) is 1. The van der Waals surface area contributed by atoms with Gasteiger partial charge in [0.25, 0.3) is 0 Å². The van der Waals surface area contributed by atoms with Crippen molar-refractivity contribution in [2.75, 3.05) is 23.7 Å². The second-order valence-electron chi connectivity index (χ2n) is 8.40. The van der Waals surface area contributed by atoms with Crippen LogP contribution in [-0.4, -0.2) is 39.3 Å². The van der Waals surface area contributed by atoms with Gasteiger partial charge >= 0.3 is 0 Å². The highest BCUT2D eigenvalue weighted by Gasteiger charge is 2.35. The monoisotopic (exact) mass is 446 g/mol. The van der Waals surface area contributed by atoms with E-state index in [0.717, 1.165) is 27.4 Å². The lowest BCUT2D eigenvalue weighted by molar-refractivity contribution is -0.120. The topological polar surface area (TPSA) is 84.9 Å². The fraction of sp³-hybridized carbons (Fsp3) is 0.435. The van der Waals surface area contributed by atoms with Gasteiger partial charge in [0.2, 0.25) is 15.9 Å². The van der Waals surface area contributed by atoms with Crippen molar-refractivity contribution in [1.29, 1.82) is 0 Å². The smallest absolute Gasteiger partial charge is 0.241 e. The fourth-order valence-electron chi connectivity index (χ4n) is 3.78. The third kappa shape index (κ3) is 5.50. The van der Waals surface area contributed by atoms with Gasteiger partial charge in [0, 0.05) is 12.0 Å². The predicted octanol–water partition coefficient (Wildman–Crippen LogP) is 3.58. The molecule has 1 N–H and O–H groups in total. The first-order valence-electron chi connectivity index (χ1n) is 10.3. The second-order valence-corrected chi connectivity index (χ2v) is 10.3. The Balaban J connectivity index is 1.86. The molecule has 2 aromatic carbocycles. The number of rotatable bonds is 7. The number of nitrogens with zero attached hydrogens (tertiary/aromatic N) is 1. The zero-order valence-electron chi connectivity index (χ0n) is 18.6. The summed E-state index contributed by atoms with van der Waals surface area (Å²) in [4.78, 5) is 13.0. The van der Waals surface area contributed by atoms with Crippen molar-refractivity contribution in [3.05, 3.63) is 53.6 Å². The summed E-state index contributed by atoms with van der Waals surface area (Å²) < 4.78 is 37.8. The molecule has 0 aromatic heterocycles.